The molecule has 1 aromatic rings. The number of hydrogen-bond donors (Lipinski definition) is 2. The summed E-state index contributed by atoms with van der Waals surface area (Å²) in [6.07, 6.45) is 3.37. The van der Waals surface area contributed by atoms with Crippen molar-refractivity contribution < 1.29 is 4.79 Å². The maximum Gasteiger partial charge on any atom is 0.254 e. The zero-order valence-corrected chi connectivity index (χ0v) is 11.1. The second-order valence-electron chi connectivity index (χ2n) is 5.59. The monoisotopic (exact) mass is 261 g/mol. The Morgan fingerprint density at radius 1 is 1.26 bits per heavy atom. The molecule has 102 valence electrons. The number of fused-ring (bicyclic) bond motifs is 2. The Hall–Kier alpha value is -1.62. The maximum absolute atomic E-state index is 12.5. The molecule has 19 heavy (non-hydrogen) atoms. The van der Waals surface area contributed by atoms with Gasteiger partial charge >= 0.3 is 0 Å². The fourth-order valence-corrected chi connectivity index (χ4v) is 3.12. The summed E-state index contributed by atoms with van der Waals surface area (Å²) in [7, 11) is 0. The zero-order chi connectivity index (χ0) is 13.4. The minimum atomic E-state index is -0.210. The van der Waals surface area contributed by atoms with Crippen LogP contribution in [-0.4, -0.2) is 41.0 Å². The van der Waals surface area contributed by atoms with E-state index in [-0.39, 0.29) is 11.5 Å². The number of H-pyrrole nitrogens is 1. The summed E-state index contributed by atoms with van der Waals surface area (Å²) < 4.78 is 0. The number of hydrogen-bond acceptors (Lipinski definition) is 3. The summed E-state index contributed by atoms with van der Waals surface area (Å²) in [6, 6.07) is 4.12. The van der Waals surface area contributed by atoms with Crippen molar-refractivity contribution in [2.45, 2.75) is 38.3 Å². The summed E-state index contributed by atoms with van der Waals surface area (Å²) in [5, 5.41) is 3.55. The predicted octanol–water partition coefficient (Wildman–Crippen LogP) is 0.650. The van der Waals surface area contributed by atoms with E-state index in [2.05, 4.69) is 10.3 Å². The fourth-order valence-electron chi connectivity index (χ4n) is 3.12. The van der Waals surface area contributed by atoms with Crippen molar-refractivity contribution in [3.05, 3.63) is 33.7 Å². The molecule has 1 aromatic heterocycles. The van der Waals surface area contributed by atoms with Crippen LogP contribution in [-0.2, 0) is 0 Å². The number of carbonyl (C=O) groups is 1. The summed E-state index contributed by atoms with van der Waals surface area (Å²) >= 11 is 0. The van der Waals surface area contributed by atoms with Gasteiger partial charge in [0.25, 0.3) is 5.91 Å². The van der Waals surface area contributed by atoms with Crippen LogP contribution in [0.15, 0.2) is 16.9 Å². The van der Waals surface area contributed by atoms with Gasteiger partial charge in [-0.1, -0.05) is 0 Å². The normalized spacial score (nSPS) is 26.3. The zero-order valence-electron chi connectivity index (χ0n) is 11.1. The lowest BCUT2D eigenvalue weighted by Crippen LogP contribution is -2.39. The molecule has 2 N–H and O–H groups in total. The minimum Gasteiger partial charge on any atom is -0.337 e. The number of nitrogens with one attached hydrogen (secondary N) is 2. The van der Waals surface area contributed by atoms with Crippen molar-refractivity contribution in [1.29, 1.82) is 0 Å². The molecule has 2 bridgehead atoms. The second kappa shape index (κ2) is 4.81. The number of likely N-dealkylation sites (tertiary alicyclic amines) is 1. The Bertz CT molecular complexity index is 552. The van der Waals surface area contributed by atoms with Crippen LogP contribution >= 0.6 is 0 Å². The molecule has 2 atom stereocenters. The number of nitrogens with zero attached hydrogens (tertiary/aromatic N) is 1. The van der Waals surface area contributed by atoms with E-state index in [4.69, 9.17) is 0 Å². The van der Waals surface area contributed by atoms with E-state index in [1.165, 1.54) is 12.5 Å². The van der Waals surface area contributed by atoms with Gasteiger partial charge in [-0.15, -0.1) is 0 Å². The number of pyridine rings is 1. The molecule has 2 aliphatic heterocycles. The third-order valence-corrected chi connectivity index (χ3v) is 4.04. The van der Waals surface area contributed by atoms with Gasteiger partial charge in [-0.25, -0.2) is 0 Å². The third-order valence-electron chi connectivity index (χ3n) is 4.04. The summed E-state index contributed by atoms with van der Waals surface area (Å²) in [6.45, 7) is 3.32. The Morgan fingerprint density at radius 2 is 2.05 bits per heavy atom. The van der Waals surface area contributed by atoms with Gasteiger partial charge in [0.15, 0.2) is 0 Å². The molecule has 3 rings (SSSR count). The molecule has 0 aliphatic carbocycles. The van der Waals surface area contributed by atoms with Gasteiger partial charge in [0.05, 0.1) is 0 Å². The molecular weight excluding hydrogens is 242 g/mol. The predicted molar refractivity (Wildman–Crippen MR) is 72.3 cm³/mol. The van der Waals surface area contributed by atoms with Crippen LogP contribution in [0.1, 0.15) is 35.3 Å². The van der Waals surface area contributed by atoms with Gasteiger partial charge in [-0.05, 0) is 32.3 Å². The van der Waals surface area contributed by atoms with E-state index in [0.29, 0.717) is 17.6 Å². The standard InChI is InChI=1S/C14H19N3O2/c1-9-6-10(7-13(18)15-9)14(19)17-5-4-11-2-3-12(8-17)16-11/h6-7,11-12,16H,2-5,8H2,1H3,(H,15,18)/t11-,12+/m1/s1. The van der Waals surface area contributed by atoms with Gasteiger partial charge in [0.1, 0.15) is 0 Å². The highest BCUT2D eigenvalue weighted by Gasteiger charge is 2.31. The SMILES string of the molecule is Cc1cc(C(=O)N2CC[C@H]3CC[C@@H](C2)N3)cc(=O)[nH]1. The molecule has 2 fully saturated rings. The third kappa shape index (κ3) is 2.56. The molecule has 5 heteroatoms. The highest BCUT2D eigenvalue weighted by Crippen LogP contribution is 2.21. The van der Waals surface area contributed by atoms with Gasteiger partial charge in [-0.2, -0.15) is 0 Å². The smallest absolute Gasteiger partial charge is 0.254 e. The molecule has 0 radical (unpaired) electrons. The van der Waals surface area contributed by atoms with Crippen LogP contribution in [0, 0.1) is 6.92 Å². The first-order valence-corrected chi connectivity index (χ1v) is 6.88. The van der Waals surface area contributed by atoms with Gasteiger partial charge in [0.2, 0.25) is 5.56 Å². The number of rotatable bonds is 1. The number of aryl methyl sites for hydroxylation is 1. The average molecular weight is 261 g/mol. The van der Waals surface area contributed by atoms with Gasteiger partial charge < -0.3 is 15.2 Å². The Kier molecular flexibility index (Phi) is 3.14. The molecule has 1 amide bonds. The molecule has 2 saturated heterocycles. The fraction of sp³-hybridized carbons (Fsp3) is 0.571. The number of aromatic nitrogens is 1. The lowest BCUT2D eigenvalue weighted by atomic mass is 10.1. The molecular formula is C14H19N3O2. The van der Waals surface area contributed by atoms with Crippen molar-refractivity contribution in [2.75, 3.05) is 13.1 Å². The van der Waals surface area contributed by atoms with E-state index in [0.717, 1.165) is 31.6 Å². The van der Waals surface area contributed by atoms with Crippen molar-refractivity contribution in [2.24, 2.45) is 0 Å². The first-order chi connectivity index (χ1) is 9.11. The lowest BCUT2D eigenvalue weighted by molar-refractivity contribution is 0.0748. The van der Waals surface area contributed by atoms with Crippen LogP contribution in [0.3, 0.4) is 0 Å². The van der Waals surface area contributed by atoms with Crippen LogP contribution in [0.5, 0.6) is 0 Å². The molecule has 3 heterocycles. The largest absolute Gasteiger partial charge is 0.337 e. The lowest BCUT2D eigenvalue weighted by Gasteiger charge is -2.24. The first-order valence-electron chi connectivity index (χ1n) is 6.88. The number of carbonyl (C=O) groups excluding carboxylic acids is 1. The highest BCUT2D eigenvalue weighted by atomic mass is 16.2. The number of amides is 1. The molecule has 2 aliphatic rings. The van der Waals surface area contributed by atoms with E-state index in [1.54, 1.807) is 13.0 Å². The van der Waals surface area contributed by atoms with E-state index in [9.17, 15) is 9.59 Å². The van der Waals surface area contributed by atoms with Crippen LogP contribution in [0.25, 0.3) is 0 Å². The van der Waals surface area contributed by atoms with Gasteiger partial charge in [0, 0.05) is 42.5 Å². The van der Waals surface area contributed by atoms with Crippen molar-refractivity contribution in [1.82, 2.24) is 15.2 Å². The summed E-state index contributed by atoms with van der Waals surface area (Å²) in [5.74, 6) is -0.0245. The maximum atomic E-state index is 12.5. The quantitative estimate of drug-likeness (QED) is 0.780. The second-order valence-corrected chi connectivity index (χ2v) is 5.59. The van der Waals surface area contributed by atoms with Crippen LogP contribution in [0.4, 0.5) is 0 Å². The Balaban J connectivity index is 1.81. The first kappa shape index (κ1) is 12.4. The molecule has 0 spiro atoms. The summed E-state index contributed by atoms with van der Waals surface area (Å²) in [5.41, 5.74) is 1.02. The minimum absolute atomic E-state index is 0.0245. The molecule has 0 unspecified atom stereocenters. The van der Waals surface area contributed by atoms with Crippen LogP contribution in [0.2, 0.25) is 0 Å². The molecule has 0 saturated carbocycles. The molecule has 5 nitrogen and oxygen atoms in total. The van der Waals surface area contributed by atoms with E-state index >= 15 is 0 Å². The average Bonchev–Trinajstić information content (AvgIpc) is 2.67. The highest BCUT2D eigenvalue weighted by molar-refractivity contribution is 5.94. The van der Waals surface area contributed by atoms with Crippen molar-refractivity contribution in [3.8, 4) is 0 Å². The Morgan fingerprint density at radius 3 is 2.84 bits per heavy atom. The molecule has 0 aromatic carbocycles. The number of aromatic amines is 1. The van der Waals surface area contributed by atoms with Crippen molar-refractivity contribution >= 4 is 5.91 Å². The van der Waals surface area contributed by atoms with Gasteiger partial charge in [-0.3, -0.25) is 9.59 Å². The topological polar surface area (TPSA) is 65.2 Å². The Labute approximate surface area is 112 Å². The van der Waals surface area contributed by atoms with Crippen molar-refractivity contribution in [3.63, 3.8) is 0 Å². The van der Waals surface area contributed by atoms with Crippen LogP contribution < -0.4 is 10.9 Å². The van der Waals surface area contributed by atoms with E-state index < -0.39 is 0 Å². The summed E-state index contributed by atoms with van der Waals surface area (Å²) in [4.78, 5) is 28.5. The van der Waals surface area contributed by atoms with E-state index in [1.807, 2.05) is 4.90 Å².